The highest BCUT2D eigenvalue weighted by atomic mass is 16.5. The van der Waals surface area contributed by atoms with Gasteiger partial charge in [0.15, 0.2) is 17.3 Å². The third-order valence-corrected chi connectivity index (χ3v) is 3.98. The number of methoxy groups -OCH3 is 3. The van der Waals surface area contributed by atoms with Crippen LogP contribution in [-0.4, -0.2) is 33.7 Å². The largest absolute Gasteiger partial charge is 0.497 e. The number of hydrogen-bond donors (Lipinski definition) is 0. The molecule has 1 heterocycles. The third kappa shape index (κ3) is 2.70. The molecule has 0 amide bonds. The Labute approximate surface area is 134 Å². The standard InChI is InChI=1S/C18H18O5/c1-20-12-5-7-15-13(9-12)18(19)14(10-23-15)11-4-6-16(21-2)17(8-11)22-3/h4-9,14H,10H2,1-3H3/t14-/m1/s1. The van der Waals surface area contributed by atoms with Gasteiger partial charge in [-0.05, 0) is 35.9 Å². The summed E-state index contributed by atoms with van der Waals surface area (Å²) in [5.41, 5.74) is 1.37. The Morgan fingerprint density at radius 1 is 0.957 bits per heavy atom. The monoisotopic (exact) mass is 314 g/mol. The predicted octanol–water partition coefficient (Wildman–Crippen LogP) is 3.07. The van der Waals surface area contributed by atoms with Crippen molar-refractivity contribution in [3.8, 4) is 23.0 Å². The molecule has 0 spiro atoms. The third-order valence-electron chi connectivity index (χ3n) is 3.98. The first kappa shape index (κ1) is 15.2. The molecule has 0 saturated heterocycles. The van der Waals surface area contributed by atoms with Gasteiger partial charge in [-0.3, -0.25) is 4.79 Å². The van der Waals surface area contributed by atoms with Gasteiger partial charge in [0.25, 0.3) is 0 Å². The zero-order valence-electron chi connectivity index (χ0n) is 13.3. The Balaban J connectivity index is 1.97. The van der Waals surface area contributed by atoms with E-state index in [2.05, 4.69) is 0 Å². The number of rotatable bonds is 4. The highest BCUT2D eigenvalue weighted by molar-refractivity contribution is 6.04. The van der Waals surface area contributed by atoms with Crippen LogP contribution >= 0.6 is 0 Å². The van der Waals surface area contributed by atoms with E-state index in [4.69, 9.17) is 18.9 Å². The van der Waals surface area contributed by atoms with E-state index >= 15 is 0 Å². The molecule has 0 bridgehead atoms. The number of carbonyl (C=O) groups excluding carboxylic acids is 1. The number of benzene rings is 2. The number of hydrogen-bond acceptors (Lipinski definition) is 5. The van der Waals surface area contributed by atoms with Gasteiger partial charge in [0.1, 0.15) is 18.1 Å². The van der Waals surface area contributed by atoms with Crippen LogP contribution in [0, 0.1) is 0 Å². The lowest BCUT2D eigenvalue weighted by Gasteiger charge is -2.25. The van der Waals surface area contributed by atoms with Gasteiger partial charge in [0.05, 0.1) is 32.8 Å². The van der Waals surface area contributed by atoms with E-state index in [0.29, 0.717) is 35.2 Å². The minimum Gasteiger partial charge on any atom is -0.497 e. The first-order valence-electron chi connectivity index (χ1n) is 7.25. The highest BCUT2D eigenvalue weighted by Gasteiger charge is 2.31. The van der Waals surface area contributed by atoms with Crippen molar-refractivity contribution in [3.63, 3.8) is 0 Å². The molecule has 0 N–H and O–H groups in total. The lowest BCUT2D eigenvalue weighted by atomic mass is 9.88. The van der Waals surface area contributed by atoms with E-state index in [9.17, 15) is 4.79 Å². The van der Waals surface area contributed by atoms with Crippen LogP contribution in [0.2, 0.25) is 0 Å². The highest BCUT2D eigenvalue weighted by Crippen LogP contribution is 2.37. The van der Waals surface area contributed by atoms with E-state index in [1.54, 1.807) is 45.6 Å². The van der Waals surface area contributed by atoms with Crippen LogP contribution in [0.25, 0.3) is 0 Å². The molecule has 1 aliphatic rings. The lowest BCUT2D eigenvalue weighted by Crippen LogP contribution is -2.26. The first-order valence-corrected chi connectivity index (χ1v) is 7.25. The molecule has 5 nitrogen and oxygen atoms in total. The zero-order valence-corrected chi connectivity index (χ0v) is 13.3. The molecule has 1 aliphatic heterocycles. The second-order valence-electron chi connectivity index (χ2n) is 5.20. The van der Waals surface area contributed by atoms with Gasteiger partial charge in [-0.15, -0.1) is 0 Å². The van der Waals surface area contributed by atoms with Crippen molar-refractivity contribution in [1.29, 1.82) is 0 Å². The van der Waals surface area contributed by atoms with Gasteiger partial charge in [-0.2, -0.15) is 0 Å². The van der Waals surface area contributed by atoms with Gasteiger partial charge in [-0.25, -0.2) is 0 Å². The van der Waals surface area contributed by atoms with Crippen molar-refractivity contribution in [2.45, 2.75) is 5.92 Å². The normalized spacial score (nSPS) is 16.3. The molecule has 0 aliphatic carbocycles. The fourth-order valence-corrected chi connectivity index (χ4v) is 2.71. The summed E-state index contributed by atoms with van der Waals surface area (Å²) in [6, 6.07) is 10.7. The molecule has 0 unspecified atom stereocenters. The quantitative estimate of drug-likeness (QED) is 0.868. The van der Waals surface area contributed by atoms with E-state index in [0.717, 1.165) is 5.56 Å². The molecule has 5 heteroatoms. The smallest absolute Gasteiger partial charge is 0.177 e. The second-order valence-corrected chi connectivity index (χ2v) is 5.20. The molecule has 2 aromatic carbocycles. The van der Waals surface area contributed by atoms with Crippen LogP contribution in [-0.2, 0) is 0 Å². The fourth-order valence-electron chi connectivity index (χ4n) is 2.71. The maximum Gasteiger partial charge on any atom is 0.177 e. The van der Waals surface area contributed by atoms with Crippen LogP contribution in [0.15, 0.2) is 36.4 Å². The molecular weight excluding hydrogens is 296 g/mol. The van der Waals surface area contributed by atoms with Gasteiger partial charge in [0, 0.05) is 0 Å². The molecule has 2 aromatic rings. The Morgan fingerprint density at radius 3 is 2.43 bits per heavy atom. The molecule has 0 aromatic heterocycles. The maximum absolute atomic E-state index is 12.8. The van der Waals surface area contributed by atoms with Crippen molar-refractivity contribution >= 4 is 5.78 Å². The predicted molar refractivity (Wildman–Crippen MR) is 85.1 cm³/mol. The SMILES string of the molecule is COc1ccc2c(c1)C(=O)[C@@H](c1ccc(OC)c(OC)c1)CO2. The Bertz CT molecular complexity index is 738. The summed E-state index contributed by atoms with van der Waals surface area (Å²) in [7, 11) is 4.72. The minimum atomic E-state index is -0.380. The minimum absolute atomic E-state index is 0.0115. The number of ether oxygens (including phenoxy) is 4. The number of ketones is 1. The summed E-state index contributed by atoms with van der Waals surface area (Å²) < 4.78 is 21.5. The molecule has 0 radical (unpaired) electrons. The molecule has 23 heavy (non-hydrogen) atoms. The van der Waals surface area contributed by atoms with Crippen molar-refractivity contribution in [2.75, 3.05) is 27.9 Å². The average Bonchev–Trinajstić information content (AvgIpc) is 2.61. The van der Waals surface area contributed by atoms with Crippen molar-refractivity contribution < 1.29 is 23.7 Å². The summed E-state index contributed by atoms with van der Waals surface area (Å²) >= 11 is 0. The van der Waals surface area contributed by atoms with Gasteiger partial charge in [0.2, 0.25) is 0 Å². The lowest BCUT2D eigenvalue weighted by molar-refractivity contribution is 0.0895. The second kappa shape index (κ2) is 6.20. The number of carbonyl (C=O) groups is 1. The summed E-state index contributed by atoms with van der Waals surface area (Å²) in [6.45, 7) is 0.299. The van der Waals surface area contributed by atoms with Crippen LogP contribution in [0.1, 0.15) is 21.8 Å². The Morgan fingerprint density at radius 2 is 1.74 bits per heavy atom. The van der Waals surface area contributed by atoms with E-state index in [-0.39, 0.29) is 11.7 Å². The molecule has 120 valence electrons. The fraction of sp³-hybridized carbons (Fsp3) is 0.278. The van der Waals surface area contributed by atoms with Crippen molar-refractivity contribution in [1.82, 2.24) is 0 Å². The van der Waals surface area contributed by atoms with E-state index in [1.807, 2.05) is 12.1 Å². The van der Waals surface area contributed by atoms with Gasteiger partial charge < -0.3 is 18.9 Å². The van der Waals surface area contributed by atoms with Crippen LogP contribution in [0.4, 0.5) is 0 Å². The van der Waals surface area contributed by atoms with Crippen LogP contribution in [0.3, 0.4) is 0 Å². The summed E-state index contributed by atoms with van der Waals surface area (Å²) in [5, 5.41) is 0. The average molecular weight is 314 g/mol. The summed E-state index contributed by atoms with van der Waals surface area (Å²) in [5.74, 6) is 2.07. The van der Waals surface area contributed by atoms with Crippen LogP contribution < -0.4 is 18.9 Å². The van der Waals surface area contributed by atoms with E-state index in [1.165, 1.54) is 0 Å². The maximum atomic E-state index is 12.8. The van der Waals surface area contributed by atoms with Gasteiger partial charge in [-0.1, -0.05) is 6.07 Å². The van der Waals surface area contributed by atoms with Crippen molar-refractivity contribution in [3.05, 3.63) is 47.5 Å². The number of Topliss-reactive ketones (excluding diaryl/α,β-unsaturated/α-hetero) is 1. The van der Waals surface area contributed by atoms with Gasteiger partial charge >= 0.3 is 0 Å². The summed E-state index contributed by atoms with van der Waals surface area (Å²) in [4.78, 5) is 12.8. The first-order chi connectivity index (χ1) is 11.2. The molecule has 0 saturated carbocycles. The van der Waals surface area contributed by atoms with Crippen molar-refractivity contribution in [2.24, 2.45) is 0 Å². The molecular formula is C18H18O5. The molecule has 1 atom stereocenters. The molecule has 0 fully saturated rings. The summed E-state index contributed by atoms with van der Waals surface area (Å²) in [6.07, 6.45) is 0. The molecule has 3 rings (SSSR count). The van der Waals surface area contributed by atoms with E-state index < -0.39 is 0 Å². The van der Waals surface area contributed by atoms with Crippen LogP contribution in [0.5, 0.6) is 23.0 Å². The Kier molecular flexibility index (Phi) is 4.10. The number of fused-ring (bicyclic) bond motifs is 1. The zero-order chi connectivity index (χ0) is 16.4. The Hall–Kier alpha value is -2.69. The topological polar surface area (TPSA) is 54.0 Å².